The second-order valence-electron chi connectivity index (χ2n) is 9.35. The Balaban J connectivity index is 1.46. The predicted molar refractivity (Wildman–Crippen MR) is 137 cm³/mol. The van der Waals surface area contributed by atoms with Crippen LogP contribution in [0.3, 0.4) is 0 Å². The zero-order valence-electron chi connectivity index (χ0n) is 20.0. The second-order valence-corrected chi connectivity index (χ2v) is 9.35. The van der Waals surface area contributed by atoms with E-state index >= 15 is 0 Å². The summed E-state index contributed by atoms with van der Waals surface area (Å²) < 4.78 is 19.3. The van der Waals surface area contributed by atoms with E-state index in [1.807, 2.05) is 31.2 Å². The van der Waals surface area contributed by atoms with Crippen molar-refractivity contribution in [2.75, 3.05) is 0 Å². The van der Waals surface area contributed by atoms with Gasteiger partial charge in [0.25, 0.3) is 11.8 Å². The summed E-state index contributed by atoms with van der Waals surface area (Å²) in [6, 6.07) is 16.6. The number of fused-ring (bicyclic) bond motifs is 1. The lowest BCUT2D eigenvalue weighted by molar-refractivity contribution is 0.0941. The van der Waals surface area contributed by atoms with Gasteiger partial charge >= 0.3 is 0 Å². The molecule has 9 heteroatoms. The second kappa shape index (κ2) is 9.09. The van der Waals surface area contributed by atoms with Gasteiger partial charge in [-0.1, -0.05) is 17.3 Å². The summed E-state index contributed by atoms with van der Waals surface area (Å²) in [6.45, 7) is 1.95. The van der Waals surface area contributed by atoms with Crippen LogP contribution in [0.15, 0.2) is 70.2 Å². The number of amidine groups is 1. The Morgan fingerprint density at radius 1 is 1.08 bits per heavy atom. The van der Waals surface area contributed by atoms with Crippen LogP contribution in [0.2, 0.25) is 0 Å². The Kier molecular flexibility index (Phi) is 5.91. The Morgan fingerprint density at radius 3 is 2.46 bits per heavy atom. The number of aryl methyl sites for hydroxylation is 1. The highest BCUT2D eigenvalue weighted by molar-refractivity contribution is 6.10. The first-order chi connectivity index (χ1) is 17.7. The number of nitrogens with two attached hydrogens (primary N) is 2. The zero-order chi connectivity index (χ0) is 26.3. The molecule has 6 N–H and O–H groups in total. The smallest absolute Gasteiger partial charge is 0.253 e. The topological polar surface area (TPSA) is 144 Å². The van der Waals surface area contributed by atoms with Crippen LogP contribution in [0.1, 0.15) is 50.2 Å². The van der Waals surface area contributed by atoms with Crippen LogP contribution in [0, 0.1) is 12.7 Å². The number of nitrogens with one attached hydrogen (secondary N) is 1. The normalized spacial score (nSPS) is 14.5. The van der Waals surface area contributed by atoms with Crippen molar-refractivity contribution >= 4 is 28.6 Å². The third-order valence-corrected chi connectivity index (χ3v) is 6.81. The average molecular weight is 501 g/mol. The van der Waals surface area contributed by atoms with E-state index in [1.54, 1.807) is 12.1 Å². The van der Waals surface area contributed by atoms with E-state index in [0.29, 0.717) is 41.4 Å². The molecule has 5 rings (SSSR count). The number of nitrogens with zero attached hydrogens (tertiary/aromatic N) is 1. The van der Waals surface area contributed by atoms with Crippen LogP contribution >= 0.6 is 0 Å². The molecule has 188 valence electrons. The fourth-order valence-corrected chi connectivity index (χ4v) is 4.48. The van der Waals surface area contributed by atoms with Gasteiger partial charge in [0.2, 0.25) is 0 Å². The molecule has 0 spiro atoms. The fraction of sp³-hybridized carbons (Fsp3) is 0.179. The third kappa shape index (κ3) is 4.51. The molecule has 1 aliphatic rings. The maximum Gasteiger partial charge on any atom is 0.253 e. The third-order valence-electron chi connectivity index (χ3n) is 6.81. The van der Waals surface area contributed by atoms with Crippen molar-refractivity contribution in [2.24, 2.45) is 16.6 Å². The number of primary amides is 1. The molecule has 8 nitrogen and oxygen atoms in total. The van der Waals surface area contributed by atoms with Crippen molar-refractivity contribution < 1.29 is 23.6 Å². The fourth-order valence-electron chi connectivity index (χ4n) is 4.48. The monoisotopic (exact) mass is 500 g/mol. The van der Waals surface area contributed by atoms with Gasteiger partial charge in [-0.2, -0.15) is 0 Å². The predicted octanol–water partition coefficient (Wildman–Crippen LogP) is 4.25. The highest BCUT2D eigenvalue weighted by Gasteiger charge is 2.48. The van der Waals surface area contributed by atoms with E-state index in [0.717, 1.165) is 16.7 Å². The number of furan rings is 1. The van der Waals surface area contributed by atoms with Gasteiger partial charge in [-0.05, 0) is 91.4 Å². The largest absolute Gasteiger partial charge is 0.455 e. The molecular formula is C28H25FN4O4. The summed E-state index contributed by atoms with van der Waals surface area (Å²) in [6.07, 6.45) is 1.71. The average Bonchev–Trinajstić information content (AvgIpc) is 3.56. The van der Waals surface area contributed by atoms with E-state index in [1.165, 1.54) is 24.3 Å². The summed E-state index contributed by atoms with van der Waals surface area (Å²) in [5.74, 6) is -1.08. The molecule has 0 radical (unpaired) electrons. The molecule has 1 heterocycles. The summed E-state index contributed by atoms with van der Waals surface area (Å²) in [5.41, 5.74) is 15.2. The van der Waals surface area contributed by atoms with E-state index in [2.05, 4.69) is 10.5 Å². The number of amides is 2. The number of hydrogen-bond acceptors (Lipinski definition) is 5. The quantitative estimate of drug-likeness (QED) is 0.130. The van der Waals surface area contributed by atoms with Gasteiger partial charge in [0.15, 0.2) is 5.84 Å². The lowest BCUT2D eigenvalue weighted by atomic mass is 9.96. The number of benzene rings is 3. The first kappa shape index (κ1) is 24.1. The number of carbonyl (C=O) groups is 2. The molecule has 4 aromatic rings. The molecule has 0 saturated heterocycles. The van der Waals surface area contributed by atoms with Crippen LogP contribution in [0.5, 0.6) is 0 Å². The van der Waals surface area contributed by atoms with E-state index < -0.39 is 17.3 Å². The minimum atomic E-state index is -0.795. The Morgan fingerprint density at radius 2 is 1.81 bits per heavy atom. The number of carbonyl (C=O) groups excluding carboxylic acids is 2. The Labute approximate surface area is 211 Å². The number of halogens is 1. The minimum absolute atomic E-state index is 0.00754. The van der Waals surface area contributed by atoms with E-state index in [4.69, 9.17) is 21.1 Å². The van der Waals surface area contributed by atoms with Crippen molar-refractivity contribution in [1.82, 2.24) is 5.32 Å². The maximum absolute atomic E-state index is 13.4. The number of rotatable bonds is 7. The molecule has 0 aliphatic heterocycles. The van der Waals surface area contributed by atoms with Gasteiger partial charge < -0.3 is 26.4 Å². The lowest BCUT2D eigenvalue weighted by Crippen LogP contribution is -2.47. The molecule has 37 heavy (non-hydrogen) atoms. The van der Waals surface area contributed by atoms with Gasteiger partial charge in [0, 0.05) is 16.5 Å². The molecule has 0 bridgehead atoms. The zero-order valence-corrected chi connectivity index (χ0v) is 20.0. The molecule has 1 fully saturated rings. The minimum Gasteiger partial charge on any atom is -0.455 e. The van der Waals surface area contributed by atoms with Gasteiger partial charge in [0.1, 0.15) is 22.7 Å². The molecule has 0 unspecified atom stereocenters. The van der Waals surface area contributed by atoms with Crippen molar-refractivity contribution in [3.05, 3.63) is 94.3 Å². The molecule has 0 atom stereocenters. The van der Waals surface area contributed by atoms with Crippen LogP contribution in [0.4, 0.5) is 4.39 Å². The van der Waals surface area contributed by atoms with Crippen molar-refractivity contribution in [1.29, 1.82) is 0 Å². The highest BCUT2D eigenvalue weighted by Crippen LogP contribution is 2.36. The number of hydrogen-bond donors (Lipinski definition) is 4. The summed E-state index contributed by atoms with van der Waals surface area (Å²) in [7, 11) is 0. The van der Waals surface area contributed by atoms with Gasteiger partial charge in [-0.3, -0.25) is 9.59 Å². The summed E-state index contributed by atoms with van der Waals surface area (Å²) in [5, 5.41) is 15.5. The number of oxime groups is 1. The highest BCUT2D eigenvalue weighted by atomic mass is 19.1. The summed E-state index contributed by atoms with van der Waals surface area (Å²) in [4.78, 5) is 25.3. The van der Waals surface area contributed by atoms with Crippen molar-refractivity contribution in [3.63, 3.8) is 0 Å². The SMILES string of the molecule is Cc1ccc(C(=O)NC2(C(N)=NO)CC2)cc1Cc1ccc2oc(-c3ccc(F)cc3)c(C(N)=O)c2c1. The van der Waals surface area contributed by atoms with Gasteiger partial charge in [0.05, 0.1) is 5.56 Å². The van der Waals surface area contributed by atoms with Crippen LogP contribution in [0.25, 0.3) is 22.3 Å². The van der Waals surface area contributed by atoms with Crippen LogP contribution < -0.4 is 16.8 Å². The van der Waals surface area contributed by atoms with Gasteiger partial charge in [-0.25, -0.2) is 4.39 Å². The first-order valence-electron chi connectivity index (χ1n) is 11.7. The van der Waals surface area contributed by atoms with E-state index in [9.17, 15) is 14.0 Å². The first-order valence-corrected chi connectivity index (χ1v) is 11.7. The molecule has 2 amide bonds. The standard InChI is InChI=1S/C28H25FN4O4/c1-15-2-4-18(26(35)32-28(10-11-28)27(31)33-36)14-19(15)12-16-3-9-22-21(13-16)23(25(30)34)24(37-22)17-5-7-20(29)8-6-17/h2-9,13-14,36H,10-12H2,1H3,(H2,30,34)(H2,31,33)(H,32,35). The van der Waals surface area contributed by atoms with Crippen molar-refractivity contribution in [2.45, 2.75) is 31.7 Å². The van der Waals surface area contributed by atoms with E-state index in [-0.39, 0.29) is 23.1 Å². The van der Waals surface area contributed by atoms with Crippen LogP contribution in [-0.2, 0) is 6.42 Å². The lowest BCUT2D eigenvalue weighted by Gasteiger charge is -2.16. The Bertz CT molecular complexity index is 1570. The molecular weight excluding hydrogens is 475 g/mol. The Hall–Kier alpha value is -4.66. The molecule has 1 aliphatic carbocycles. The molecule has 3 aromatic carbocycles. The van der Waals surface area contributed by atoms with Crippen LogP contribution in [-0.4, -0.2) is 28.4 Å². The summed E-state index contributed by atoms with van der Waals surface area (Å²) >= 11 is 0. The maximum atomic E-state index is 13.4. The van der Waals surface area contributed by atoms with Crippen molar-refractivity contribution in [3.8, 4) is 11.3 Å². The molecule has 1 saturated carbocycles. The molecule has 1 aromatic heterocycles. The van der Waals surface area contributed by atoms with Gasteiger partial charge in [-0.15, -0.1) is 0 Å².